The zero-order chi connectivity index (χ0) is 15.5. The fraction of sp³-hybridized carbons (Fsp3) is 0.400. The molecule has 0 aliphatic heterocycles. The van der Waals surface area contributed by atoms with Crippen molar-refractivity contribution >= 4 is 17.6 Å². The summed E-state index contributed by atoms with van der Waals surface area (Å²) in [6.07, 6.45) is -9.55. The molecule has 0 radical (unpaired) electrons. The van der Waals surface area contributed by atoms with Crippen LogP contribution >= 0.6 is 11.6 Å². The maximum absolute atomic E-state index is 12.7. The smallest absolute Gasteiger partial charge is 0.481 e. The van der Waals surface area contributed by atoms with Crippen LogP contribution in [0.4, 0.5) is 22.0 Å². The highest BCUT2D eigenvalue weighted by Gasteiger charge is 2.35. The van der Waals surface area contributed by atoms with E-state index in [1.807, 2.05) is 0 Å². The van der Waals surface area contributed by atoms with Gasteiger partial charge in [-0.1, -0.05) is 0 Å². The third kappa shape index (κ3) is 4.48. The molecule has 0 unspecified atom stereocenters. The van der Waals surface area contributed by atoms with Crippen molar-refractivity contribution in [2.45, 2.75) is 25.1 Å². The van der Waals surface area contributed by atoms with Gasteiger partial charge >= 0.3 is 12.3 Å². The van der Waals surface area contributed by atoms with Crippen molar-refractivity contribution in [2.24, 2.45) is 0 Å². The Balaban J connectivity index is 3.42. The highest BCUT2D eigenvalue weighted by molar-refractivity contribution is 6.16. The van der Waals surface area contributed by atoms with Crippen LogP contribution in [0.3, 0.4) is 0 Å². The van der Waals surface area contributed by atoms with Gasteiger partial charge in [-0.15, -0.1) is 24.8 Å². The second-order valence-corrected chi connectivity index (χ2v) is 3.81. The van der Waals surface area contributed by atoms with Gasteiger partial charge in [-0.05, 0) is 6.07 Å². The highest BCUT2D eigenvalue weighted by Crippen LogP contribution is 2.35. The van der Waals surface area contributed by atoms with E-state index in [9.17, 15) is 26.7 Å². The molecule has 0 aliphatic rings. The van der Waals surface area contributed by atoms with Crippen molar-refractivity contribution < 1.29 is 36.6 Å². The number of hydrogen-bond donors (Lipinski definition) is 1. The largest absolute Gasteiger partial charge is 0.573 e. The lowest BCUT2D eigenvalue weighted by Crippen LogP contribution is -2.21. The number of nitrogens with zero attached hydrogens (tertiary/aromatic N) is 1. The zero-order valence-corrected chi connectivity index (χ0v) is 10.3. The SMILES string of the molecule is O=C(O)Cc1cc(CCl)nc(C(F)F)c1OC(F)(F)F. The monoisotopic (exact) mass is 319 g/mol. The second kappa shape index (κ2) is 6.21. The van der Waals surface area contributed by atoms with E-state index in [1.165, 1.54) is 0 Å². The van der Waals surface area contributed by atoms with Crippen molar-refractivity contribution in [3.63, 3.8) is 0 Å². The molecule has 1 N–H and O–H groups in total. The summed E-state index contributed by atoms with van der Waals surface area (Å²) in [6.45, 7) is 0. The molecule has 4 nitrogen and oxygen atoms in total. The van der Waals surface area contributed by atoms with E-state index in [4.69, 9.17) is 16.7 Å². The number of alkyl halides is 6. The van der Waals surface area contributed by atoms with Crippen LogP contribution in [0.5, 0.6) is 5.75 Å². The Morgan fingerprint density at radius 3 is 2.45 bits per heavy atom. The molecule has 0 spiro atoms. The van der Waals surface area contributed by atoms with Gasteiger partial charge in [0.1, 0.15) is 5.69 Å². The molecule has 0 aromatic carbocycles. The Labute approximate surface area is 114 Å². The van der Waals surface area contributed by atoms with Crippen LogP contribution < -0.4 is 4.74 Å². The molecule has 1 aromatic heterocycles. The molecule has 0 amide bonds. The quantitative estimate of drug-likeness (QED) is 0.668. The van der Waals surface area contributed by atoms with Crippen molar-refractivity contribution in [1.29, 1.82) is 0 Å². The van der Waals surface area contributed by atoms with Crippen LogP contribution in [0.25, 0.3) is 0 Å². The van der Waals surface area contributed by atoms with E-state index in [1.54, 1.807) is 0 Å². The second-order valence-electron chi connectivity index (χ2n) is 3.54. The summed E-state index contributed by atoms with van der Waals surface area (Å²) < 4.78 is 65.6. The van der Waals surface area contributed by atoms with Gasteiger partial charge in [-0.3, -0.25) is 4.79 Å². The van der Waals surface area contributed by atoms with E-state index >= 15 is 0 Å². The number of ether oxygens (including phenoxy) is 1. The summed E-state index contributed by atoms with van der Waals surface area (Å²) in [4.78, 5) is 13.8. The zero-order valence-electron chi connectivity index (χ0n) is 9.55. The van der Waals surface area contributed by atoms with Crippen LogP contribution in [-0.2, 0) is 17.1 Å². The molecule has 1 rings (SSSR count). The maximum Gasteiger partial charge on any atom is 0.573 e. The van der Waals surface area contributed by atoms with Crippen LogP contribution in [0.15, 0.2) is 6.07 Å². The summed E-state index contributed by atoms with van der Waals surface area (Å²) >= 11 is 5.38. The Hall–Kier alpha value is -1.64. The first-order chi connectivity index (χ1) is 9.14. The third-order valence-electron chi connectivity index (χ3n) is 2.03. The number of aromatic nitrogens is 1. The van der Waals surface area contributed by atoms with Gasteiger partial charge in [0.25, 0.3) is 6.43 Å². The van der Waals surface area contributed by atoms with Crippen LogP contribution in [-0.4, -0.2) is 22.4 Å². The van der Waals surface area contributed by atoms with Crippen molar-refractivity contribution in [3.8, 4) is 5.75 Å². The van der Waals surface area contributed by atoms with Gasteiger partial charge in [0.2, 0.25) is 0 Å². The highest BCUT2D eigenvalue weighted by atomic mass is 35.5. The minimum Gasteiger partial charge on any atom is -0.481 e. The van der Waals surface area contributed by atoms with Crippen molar-refractivity contribution in [2.75, 3.05) is 0 Å². The molecule has 112 valence electrons. The average molecular weight is 320 g/mol. The number of carboxylic acid groups (broad SMARTS) is 1. The van der Waals surface area contributed by atoms with Crippen LogP contribution in [0.1, 0.15) is 23.4 Å². The van der Waals surface area contributed by atoms with Crippen LogP contribution in [0.2, 0.25) is 0 Å². The third-order valence-corrected chi connectivity index (χ3v) is 2.31. The molecule has 1 heterocycles. The molecular weight excluding hydrogens is 313 g/mol. The summed E-state index contributed by atoms with van der Waals surface area (Å²) in [5.74, 6) is -3.17. The lowest BCUT2D eigenvalue weighted by Gasteiger charge is -2.16. The first kappa shape index (κ1) is 16.4. The number of aliphatic carboxylic acids is 1. The number of halogens is 6. The minimum atomic E-state index is -5.25. The van der Waals surface area contributed by atoms with E-state index in [0.29, 0.717) is 0 Å². The predicted octanol–water partition coefficient (Wildman–Crippen LogP) is 3.28. The summed E-state index contributed by atoms with van der Waals surface area (Å²) in [5.41, 5.74) is -2.04. The average Bonchev–Trinajstić information content (AvgIpc) is 2.28. The van der Waals surface area contributed by atoms with E-state index < -0.39 is 42.2 Å². The molecule has 0 bridgehead atoms. The molecule has 0 saturated heterocycles. The van der Waals surface area contributed by atoms with E-state index in [0.717, 1.165) is 6.07 Å². The lowest BCUT2D eigenvalue weighted by atomic mass is 10.1. The summed E-state index contributed by atoms with van der Waals surface area (Å²) in [5, 5.41) is 8.61. The molecule has 0 saturated carbocycles. The minimum absolute atomic E-state index is 0.173. The fourth-order valence-electron chi connectivity index (χ4n) is 1.41. The standard InChI is InChI=1S/C10H7ClF5NO3/c11-3-5-1-4(2-6(18)19)8(20-10(14,15)16)7(17-5)9(12)13/h1,9H,2-3H2,(H,18,19). The van der Waals surface area contributed by atoms with Gasteiger partial charge in [0.05, 0.1) is 18.0 Å². The van der Waals surface area contributed by atoms with Gasteiger partial charge in [-0.2, -0.15) is 0 Å². The van der Waals surface area contributed by atoms with Gasteiger partial charge < -0.3 is 9.84 Å². The Kier molecular flexibility index (Phi) is 5.09. The van der Waals surface area contributed by atoms with E-state index in [-0.39, 0.29) is 11.6 Å². The molecule has 0 fully saturated rings. The Bertz CT molecular complexity index is 506. The van der Waals surface area contributed by atoms with Gasteiger partial charge in [0, 0.05) is 5.56 Å². The number of hydrogen-bond acceptors (Lipinski definition) is 3. The number of pyridine rings is 1. The lowest BCUT2D eigenvalue weighted by molar-refractivity contribution is -0.275. The topological polar surface area (TPSA) is 59.4 Å². The molecule has 1 aromatic rings. The number of carbonyl (C=O) groups is 1. The van der Waals surface area contributed by atoms with Crippen molar-refractivity contribution in [1.82, 2.24) is 4.98 Å². The Morgan fingerprint density at radius 2 is 2.05 bits per heavy atom. The normalized spacial score (nSPS) is 11.8. The van der Waals surface area contributed by atoms with Crippen molar-refractivity contribution in [3.05, 3.63) is 23.0 Å². The molecular formula is C10H7ClF5NO3. The number of carboxylic acids is 1. The number of rotatable bonds is 5. The van der Waals surface area contributed by atoms with Gasteiger partial charge in [0.15, 0.2) is 5.75 Å². The molecule has 0 aliphatic carbocycles. The predicted molar refractivity (Wildman–Crippen MR) is 56.8 cm³/mol. The summed E-state index contributed by atoms with van der Waals surface area (Å²) in [7, 11) is 0. The van der Waals surface area contributed by atoms with E-state index in [2.05, 4.69) is 9.72 Å². The first-order valence-corrected chi connectivity index (χ1v) is 5.52. The molecule has 20 heavy (non-hydrogen) atoms. The first-order valence-electron chi connectivity index (χ1n) is 4.98. The molecule has 0 atom stereocenters. The molecule has 10 heteroatoms. The maximum atomic E-state index is 12.7. The fourth-order valence-corrected chi connectivity index (χ4v) is 1.55. The summed E-state index contributed by atoms with van der Waals surface area (Å²) in [6, 6.07) is 0.883. The Morgan fingerprint density at radius 1 is 1.45 bits per heavy atom. The van der Waals surface area contributed by atoms with Crippen LogP contribution in [0, 0.1) is 0 Å². The van der Waals surface area contributed by atoms with Gasteiger partial charge in [-0.25, -0.2) is 13.8 Å².